The van der Waals surface area contributed by atoms with E-state index in [1.165, 1.54) is 6.26 Å². The number of hydrogen-bond acceptors (Lipinski definition) is 6. The summed E-state index contributed by atoms with van der Waals surface area (Å²) in [5, 5.41) is 11.5. The summed E-state index contributed by atoms with van der Waals surface area (Å²) in [6.07, 6.45) is -0.206. The maximum Gasteiger partial charge on any atom is 0.336 e. The Bertz CT molecular complexity index is 300. The Morgan fingerprint density at radius 1 is 1.62 bits per heavy atom. The van der Waals surface area contributed by atoms with E-state index >= 15 is 0 Å². The average Bonchev–Trinajstić information content (AvgIpc) is 2.35. The van der Waals surface area contributed by atoms with Crippen LogP contribution in [0.2, 0.25) is 0 Å². The van der Waals surface area contributed by atoms with Crippen LogP contribution in [0.5, 0.6) is 0 Å². The van der Waals surface area contributed by atoms with Gasteiger partial charge in [-0.25, -0.2) is 4.79 Å². The Balaban J connectivity index is 2.34. The van der Waals surface area contributed by atoms with Crippen LogP contribution < -0.4 is 5.32 Å². The molecule has 1 rings (SSSR count). The minimum absolute atomic E-state index is 0.0170. The van der Waals surface area contributed by atoms with Gasteiger partial charge in [0, 0.05) is 0 Å². The molecule has 7 nitrogen and oxygen atoms in total. The number of aliphatic hydroxyl groups excluding tert-OH is 1. The third kappa shape index (κ3) is 3.43. The number of amides is 1. The van der Waals surface area contributed by atoms with Gasteiger partial charge in [-0.05, 0) is 0 Å². The number of hydrogen-bond donors (Lipinski definition) is 2. The molecule has 0 saturated carbocycles. The number of nitrogens with one attached hydrogen (secondary N) is 1. The van der Waals surface area contributed by atoms with Crippen molar-refractivity contribution in [2.45, 2.75) is 6.10 Å². The molecule has 0 aromatic carbocycles. The third-order valence-corrected chi connectivity index (χ3v) is 1.80. The highest BCUT2D eigenvalue weighted by Gasteiger charge is 2.19. The molecule has 0 aromatic heterocycles. The number of rotatable bonds is 4. The minimum atomic E-state index is -1.39. The van der Waals surface area contributed by atoms with Crippen molar-refractivity contribution in [1.82, 2.24) is 5.32 Å². The number of methoxy groups -OCH3 is 1. The summed E-state index contributed by atoms with van der Waals surface area (Å²) in [7, 11) is 1.15. The first kappa shape index (κ1) is 12.3. The second-order valence-corrected chi connectivity index (χ2v) is 2.95. The molecule has 1 aliphatic rings. The van der Waals surface area contributed by atoms with Crippen LogP contribution in [0.3, 0.4) is 0 Å². The quantitative estimate of drug-likeness (QED) is 0.573. The molecule has 7 heteroatoms. The molecule has 0 radical (unpaired) electrons. The van der Waals surface area contributed by atoms with Crippen LogP contribution in [-0.4, -0.2) is 50.0 Å². The Labute approximate surface area is 92.0 Å². The van der Waals surface area contributed by atoms with Crippen molar-refractivity contribution >= 4 is 11.9 Å². The van der Waals surface area contributed by atoms with Gasteiger partial charge < -0.3 is 24.6 Å². The highest BCUT2D eigenvalue weighted by atomic mass is 16.6. The van der Waals surface area contributed by atoms with Gasteiger partial charge in [0.25, 0.3) is 5.91 Å². The van der Waals surface area contributed by atoms with Gasteiger partial charge in [0.2, 0.25) is 5.76 Å². The van der Waals surface area contributed by atoms with Gasteiger partial charge in [0.05, 0.1) is 13.7 Å². The molecule has 0 aromatic rings. The molecule has 0 saturated heterocycles. The van der Waals surface area contributed by atoms with E-state index in [1.807, 2.05) is 0 Å². The fraction of sp³-hybridized carbons (Fsp3) is 0.556. The van der Waals surface area contributed by atoms with E-state index in [9.17, 15) is 14.7 Å². The van der Waals surface area contributed by atoms with Gasteiger partial charge in [0.15, 0.2) is 6.10 Å². The molecule has 0 spiro atoms. The second-order valence-electron chi connectivity index (χ2n) is 2.95. The van der Waals surface area contributed by atoms with Crippen LogP contribution in [0.1, 0.15) is 0 Å². The highest BCUT2D eigenvalue weighted by molar-refractivity contribution is 5.91. The van der Waals surface area contributed by atoms with Crippen molar-refractivity contribution in [2.75, 3.05) is 26.9 Å². The number of aliphatic hydroxyl groups is 1. The zero-order valence-corrected chi connectivity index (χ0v) is 8.76. The van der Waals surface area contributed by atoms with Crippen LogP contribution in [0.15, 0.2) is 12.0 Å². The van der Waals surface area contributed by atoms with E-state index in [0.717, 1.165) is 7.11 Å². The second kappa shape index (κ2) is 5.96. The van der Waals surface area contributed by atoms with E-state index in [-0.39, 0.29) is 12.3 Å². The smallest absolute Gasteiger partial charge is 0.336 e. The van der Waals surface area contributed by atoms with Crippen molar-refractivity contribution in [3.63, 3.8) is 0 Å². The number of esters is 1. The molecule has 1 heterocycles. The van der Waals surface area contributed by atoms with Crippen LogP contribution in [0.4, 0.5) is 0 Å². The van der Waals surface area contributed by atoms with Crippen LogP contribution in [0.25, 0.3) is 0 Å². The van der Waals surface area contributed by atoms with Gasteiger partial charge in [-0.2, -0.15) is 0 Å². The Kier molecular flexibility index (Phi) is 4.59. The maximum atomic E-state index is 11.4. The molecule has 90 valence electrons. The van der Waals surface area contributed by atoms with E-state index in [1.54, 1.807) is 0 Å². The van der Waals surface area contributed by atoms with E-state index in [2.05, 4.69) is 10.1 Å². The topological polar surface area (TPSA) is 94.1 Å². The van der Waals surface area contributed by atoms with Gasteiger partial charge in [0.1, 0.15) is 19.5 Å². The molecule has 1 atom stereocenters. The summed E-state index contributed by atoms with van der Waals surface area (Å²) in [6, 6.07) is 0. The van der Waals surface area contributed by atoms with Crippen molar-refractivity contribution < 1.29 is 28.9 Å². The fourth-order valence-electron chi connectivity index (χ4n) is 0.983. The Hall–Kier alpha value is -1.76. The van der Waals surface area contributed by atoms with Crippen LogP contribution >= 0.6 is 0 Å². The largest absolute Gasteiger partial charge is 0.494 e. The molecule has 16 heavy (non-hydrogen) atoms. The summed E-state index contributed by atoms with van der Waals surface area (Å²) in [6.45, 7) is 0.437. The minimum Gasteiger partial charge on any atom is -0.494 e. The Morgan fingerprint density at radius 3 is 2.94 bits per heavy atom. The maximum absolute atomic E-state index is 11.4. The summed E-state index contributed by atoms with van der Waals surface area (Å²) in [4.78, 5) is 22.2. The molecule has 0 fully saturated rings. The molecule has 0 bridgehead atoms. The van der Waals surface area contributed by atoms with Gasteiger partial charge in [-0.3, -0.25) is 4.79 Å². The number of ether oxygens (including phenoxy) is 3. The summed E-state index contributed by atoms with van der Waals surface area (Å²) >= 11 is 0. The lowest BCUT2D eigenvalue weighted by atomic mass is 10.3. The van der Waals surface area contributed by atoms with Crippen molar-refractivity contribution in [1.29, 1.82) is 0 Å². The SMILES string of the molecule is COC(=O)C(O)CNC(=O)C1=COCCO1. The standard InChI is InChI=1S/C9H13NO6/c1-14-9(13)6(11)4-10-8(12)7-5-15-2-3-16-7/h5-6,11H,2-4H2,1H3,(H,10,12). The van der Waals surface area contributed by atoms with Gasteiger partial charge >= 0.3 is 5.97 Å². The van der Waals surface area contributed by atoms with Crippen LogP contribution in [0, 0.1) is 0 Å². The predicted octanol–water partition coefficient (Wildman–Crippen LogP) is -1.48. The zero-order chi connectivity index (χ0) is 12.0. The normalized spacial score (nSPS) is 16.2. The summed E-state index contributed by atoms with van der Waals surface area (Å²) in [5.41, 5.74) is 0. The molecular weight excluding hydrogens is 218 g/mol. The van der Waals surface area contributed by atoms with Crippen molar-refractivity contribution in [2.24, 2.45) is 0 Å². The van der Waals surface area contributed by atoms with Crippen molar-refractivity contribution in [3.05, 3.63) is 12.0 Å². The average molecular weight is 231 g/mol. The van der Waals surface area contributed by atoms with E-state index in [0.29, 0.717) is 13.2 Å². The van der Waals surface area contributed by atoms with E-state index < -0.39 is 18.0 Å². The summed E-state index contributed by atoms with van der Waals surface area (Å²) < 4.78 is 14.1. The first-order chi connectivity index (χ1) is 7.65. The lowest BCUT2D eigenvalue weighted by Gasteiger charge is -2.15. The van der Waals surface area contributed by atoms with Gasteiger partial charge in [-0.15, -0.1) is 0 Å². The lowest BCUT2D eigenvalue weighted by Crippen LogP contribution is -2.38. The fourth-order valence-corrected chi connectivity index (χ4v) is 0.983. The molecule has 1 aliphatic heterocycles. The lowest BCUT2D eigenvalue weighted by molar-refractivity contribution is -0.150. The van der Waals surface area contributed by atoms with E-state index in [4.69, 9.17) is 9.47 Å². The Morgan fingerprint density at radius 2 is 2.38 bits per heavy atom. The highest BCUT2D eigenvalue weighted by Crippen LogP contribution is 2.03. The van der Waals surface area contributed by atoms with Crippen LogP contribution in [-0.2, 0) is 23.8 Å². The predicted molar refractivity (Wildman–Crippen MR) is 51.0 cm³/mol. The molecule has 0 aliphatic carbocycles. The number of carbonyl (C=O) groups excluding carboxylic acids is 2. The third-order valence-electron chi connectivity index (χ3n) is 1.80. The molecule has 2 N–H and O–H groups in total. The van der Waals surface area contributed by atoms with Gasteiger partial charge in [-0.1, -0.05) is 0 Å². The number of carbonyl (C=O) groups is 2. The van der Waals surface area contributed by atoms with Crippen molar-refractivity contribution in [3.8, 4) is 0 Å². The first-order valence-electron chi connectivity index (χ1n) is 4.64. The first-order valence-corrected chi connectivity index (χ1v) is 4.64. The summed E-state index contributed by atoms with van der Waals surface area (Å²) in [5.74, 6) is -1.35. The molecule has 1 amide bonds. The molecule has 1 unspecified atom stereocenters. The molecular formula is C9H13NO6. The zero-order valence-electron chi connectivity index (χ0n) is 8.76. The monoisotopic (exact) mass is 231 g/mol.